The zero-order valence-corrected chi connectivity index (χ0v) is 9.08. The quantitative estimate of drug-likeness (QED) is 0.641. The summed E-state index contributed by atoms with van der Waals surface area (Å²) in [5, 5.41) is 17.3. The fourth-order valence-corrected chi connectivity index (χ4v) is 1.35. The number of hydrogen-bond acceptors (Lipinski definition) is 6. The van der Waals surface area contributed by atoms with E-state index in [9.17, 15) is 10.1 Å². The topological polar surface area (TPSA) is 94.1 Å². The van der Waals surface area contributed by atoms with Crippen molar-refractivity contribution in [1.82, 2.24) is 10.1 Å². The van der Waals surface area contributed by atoms with Crippen LogP contribution in [0.2, 0.25) is 0 Å². The van der Waals surface area contributed by atoms with Crippen LogP contribution in [-0.2, 0) is 6.54 Å². The van der Waals surface area contributed by atoms with Crippen LogP contribution in [0.5, 0.6) is 0 Å². The molecule has 0 fully saturated rings. The number of pyridine rings is 1. The molecule has 2 aromatic rings. The molecule has 0 saturated heterocycles. The minimum atomic E-state index is -0.455. The Labute approximate surface area is 96.6 Å². The predicted octanol–water partition coefficient (Wildman–Crippen LogP) is 1.90. The molecule has 0 bridgehead atoms. The van der Waals surface area contributed by atoms with E-state index in [-0.39, 0.29) is 5.69 Å². The average Bonchev–Trinajstić information content (AvgIpc) is 2.78. The number of nitrogens with one attached hydrogen (secondary N) is 1. The van der Waals surface area contributed by atoms with Crippen molar-refractivity contribution in [3.05, 3.63) is 46.0 Å². The zero-order valence-electron chi connectivity index (χ0n) is 9.08. The van der Waals surface area contributed by atoms with E-state index in [1.54, 1.807) is 19.1 Å². The summed E-state index contributed by atoms with van der Waals surface area (Å²) in [5.74, 6) is 0.566. The van der Waals surface area contributed by atoms with Gasteiger partial charge < -0.3 is 9.84 Å². The molecule has 2 heterocycles. The van der Waals surface area contributed by atoms with E-state index in [1.165, 1.54) is 12.5 Å². The Morgan fingerprint density at radius 2 is 2.41 bits per heavy atom. The van der Waals surface area contributed by atoms with Gasteiger partial charge in [0.1, 0.15) is 24.0 Å². The van der Waals surface area contributed by atoms with Crippen molar-refractivity contribution in [3.63, 3.8) is 0 Å². The summed E-state index contributed by atoms with van der Waals surface area (Å²) in [6.45, 7) is 2.13. The fourth-order valence-electron chi connectivity index (χ4n) is 1.35. The molecule has 7 heteroatoms. The van der Waals surface area contributed by atoms with Crippen LogP contribution in [0.15, 0.2) is 29.1 Å². The third kappa shape index (κ3) is 2.57. The highest BCUT2D eigenvalue weighted by Crippen LogP contribution is 2.18. The molecule has 2 rings (SSSR count). The highest BCUT2D eigenvalue weighted by molar-refractivity contribution is 5.46. The lowest BCUT2D eigenvalue weighted by atomic mass is 10.2. The molecule has 0 saturated carbocycles. The molecule has 0 atom stereocenters. The second-order valence-corrected chi connectivity index (χ2v) is 3.46. The maximum absolute atomic E-state index is 10.6. The number of aromatic nitrogens is 2. The second-order valence-electron chi connectivity index (χ2n) is 3.46. The normalized spacial score (nSPS) is 10.2. The maximum atomic E-state index is 10.6. The molecule has 0 amide bonds. The Balaban J connectivity index is 2.07. The molecular formula is C10H10N4O3. The molecule has 2 aromatic heterocycles. The Bertz CT molecular complexity index is 524. The molecule has 88 valence electrons. The standard InChI is InChI=1S/C10H10N4O3/c1-7-4-10(12-6-9(7)14(15)16)11-5-8-2-3-17-13-8/h2-4,6H,5H2,1H3,(H,11,12). The number of anilines is 1. The van der Waals surface area contributed by atoms with E-state index in [4.69, 9.17) is 0 Å². The van der Waals surface area contributed by atoms with Crippen LogP contribution in [-0.4, -0.2) is 15.1 Å². The highest BCUT2D eigenvalue weighted by Gasteiger charge is 2.11. The molecule has 0 unspecified atom stereocenters. The van der Waals surface area contributed by atoms with E-state index < -0.39 is 4.92 Å². The third-order valence-corrected chi connectivity index (χ3v) is 2.22. The van der Waals surface area contributed by atoms with Crippen LogP contribution >= 0.6 is 0 Å². The molecule has 0 spiro atoms. The van der Waals surface area contributed by atoms with Gasteiger partial charge in [-0.15, -0.1) is 0 Å². The van der Waals surface area contributed by atoms with Crippen molar-refractivity contribution >= 4 is 11.5 Å². The largest absolute Gasteiger partial charge is 0.364 e. The van der Waals surface area contributed by atoms with E-state index in [1.807, 2.05) is 0 Å². The molecule has 0 radical (unpaired) electrons. The number of nitro groups is 1. The van der Waals surface area contributed by atoms with Gasteiger partial charge in [-0.25, -0.2) is 4.98 Å². The Hall–Kier alpha value is -2.44. The number of hydrogen-bond donors (Lipinski definition) is 1. The lowest BCUT2D eigenvalue weighted by molar-refractivity contribution is -0.385. The monoisotopic (exact) mass is 234 g/mol. The molecule has 0 aliphatic carbocycles. The van der Waals surface area contributed by atoms with Crippen LogP contribution in [0, 0.1) is 17.0 Å². The maximum Gasteiger partial charge on any atom is 0.290 e. The first-order chi connectivity index (χ1) is 8.16. The highest BCUT2D eigenvalue weighted by atomic mass is 16.6. The van der Waals surface area contributed by atoms with Crippen LogP contribution in [0.1, 0.15) is 11.3 Å². The third-order valence-electron chi connectivity index (χ3n) is 2.22. The van der Waals surface area contributed by atoms with Crippen LogP contribution in [0.25, 0.3) is 0 Å². The summed E-state index contributed by atoms with van der Waals surface area (Å²) in [6, 6.07) is 3.35. The summed E-state index contributed by atoms with van der Waals surface area (Å²) in [7, 11) is 0. The molecule has 17 heavy (non-hydrogen) atoms. The lowest BCUT2D eigenvalue weighted by Gasteiger charge is -2.04. The van der Waals surface area contributed by atoms with Crippen molar-refractivity contribution in [3.8, 4) is 0 Å². The molecular weight excluding hydrogens is 224 g/mol. The van der Waals surface area contributed by atoms with Crippen molar-refractivity contribution in [2.75, 3.05) is 5.32 Å². The zero-order chi connectivity index (χ0) is 12.3. The van der Waals surface area contributed by atoms with Crippen LogP contribution in [0.4, 0.5) is 11.5 Å². The minimum absolute atomic E-state index is 0.0111. The SMILES string of the molecule is Cc1cc(NCc2ccon2)ncc1[N+](=O)[O-]. The van der Waals surface area contributed by atoms with Gasteiger partial charge in [-0.1, -0.05) is 5.16 Å². The molecule has 0 aliphatic rings. The molecule has 0 aliphatic heterocycles. The Kier molecular flexibility index (Phi) is 2.99. The summed E-state index contributed by atoms with van der Waals surface area (Å²) >= 11 is 0. The summed E-state index contributed by atoms with van der Waals surface area (Å²) in [5.41, 5.74) is 1.31. The van der Waals surface area contributed by atoms with Gasteiger partial charge in [0.05, 0.1) is 11.5 Å². The van der Waals surface area contributed by atoms with Crippen molar-refractivity contribution in [1.29, 1.82) is 0 Å². The summed E-state index contributed by atoms with van der Waals surface area (Å²) in [4.78, 5) is 14.1. The van der Waals surface area contributed by atoms with Crippen LogP contribution < -0.4 is 5.32 Å². The van der Waals surface area contributed by atoms with Crippen LogP contribution in [0.3, 0.4) is 0 Å². The van der Waals surface area contributed by atoms with Crippen molar-refractivity contribution in [2.24, 2.45) is 0 Å². The van der Waals surface area contributed by atoms with E-state index >= 15 is 0 Å². The minimum Gasteiger partial charge on any atom is -0.364 e. The summed E-state index contributed by atoms with van der Waals surface area (Å²) in [6.07, 6.45) is 2.71. The number of aryl methyl sites for hydroxylation is 1. The number of rotatable bonds is 4. The lowest BCUT2D eigenvalue weighted by Crippen LogP contribution is -2.03. The first kappa shape index (κ1) is 11.1. The Morgan fingerprint density at radius 3 is 3.00 bits per heavy atom. The van der Waals surface area contributed by atoms with E-state index in [0.29, 0.717) is 17.9 Å². The molecule has 7 nitrogen and oxygen atoms in total. The fraction of sp³-hybridized carbons (Fsp3) is 0.200. The van der Waals surface area contributed by atoms with Crippen molar-refractivity contribution in [2.45, 2.75) is 13.5 Å². The van der Waals surface area contributed by atoms with Gasteiger partial charge >= 0.3 is 0 Å². The van der Waals surface area contributed by atoms with Gasteiger partial charge in [0, 0.05) is 11.6 Å². The number of nitrogens with zero attached hydrogens (tertiary/aromatic N) is 3. The Morgan fingerprint density at radius 1 is 1.59 bits per heavy atom. The van der Waals surface area contributed by atoms with Gasteiger partial charge in [0.25, 0.3) is 5.69 Å². The van der Waals surface area contributed by atoms with Gasteiger partial charge in [-0.05, 0) is 13.0 Å². The molecule has 1 N–H and O–H groups in total. The van der Waals surface area contributed by atoms with Crippen molar-refractivity contribution < 1.29 is 9.45 Å². The average molecular weight is 234 g/mol. The van der Waals surface area contributed by atoms with Gasteiger partial charge in [0.15, 0.2) is 0 Å². The van der Waals surface area contributed by atoms with Gasteiger partial charge in [-0.2, -0.15) is 0 Å². The summed E-state index contributed by atoms with van der Waals surface area (Å²) < 4.78 is 4.68. The van der Waals surface area contributed by atoms with Gasteiger partial charge in [-0.3, -0.25) is 10.1 Å². The predicted molar refractivity (Wildman–Crippen MR) is 59.5 cm³/mol. The van der Waals surface area contributed by atoms with E-state index in [2.05, 4.69) is 20.0 Å². The van der Waals surface area contributed by atoms with E-state index in [0.717, 1.165) is 5.69 Å². The second kappa shape index (κ2) is 4.60. The van der Waals surface area contributed by atoms with Gasteiger partial charge in [0.2, 0.25) is 0 Å². The molecule has 0 aromatic carbocycles. The first-order valence-corrected chi connectivity index (χ1v) is 4.91. The smallest absolute Gasteiger partial charge is 0.290 e. The first-order valence-electron chi connectivity index (χ1n) is 4.91.